The topological polar surface area (TPSA) is 68.8 Å². The number of carbonyl (C=O) groups excluding carboxylic acids is 1. The second-order valence-electron chi connectivity index (χ2n) is 5.00. The van der Waals surface area contributed by atoms with E-state index in [-0.39, 0.29) is 12.5 Å². The minimum atomic E-state index is -0.139. The number of anilines is 2. The molecule has 0 unspecified atom stereocenters. The molecular weight excluding hydrogens is 308 g/mol. The summed E-state index contributed by atoms with van der Waals surface area (Å²) in [6.07, 6.45) is 0. The molecule has 0 spiro atoms. The number of rotatable bonds is 9. The van der Waals surface area contributed by atoms with E-state index in [4.69, 9.17) is 14.2 Å². The molecule has 0 aliphatic heterocycles. The predicted octanol–water partition coefficient (Wildman–Crippen LogP) is 2.77. The molecule has 0 fully saturated rings. The summed E-state index contributed by atoms with van der Waals surface area (Å²) in [6.45, 7) is 1.15. The van der Waals surface area contributed by atoms with Crippen LogP contribution < -0.4 is 20.1 Å². The van der Waals surface area contributed by atoms with Gasteiger partial charge in [0.15, 0.2) is 0 Å². The lowest BCUT2D eigenvalue weighted by molar-refractivity contribution is -0.114. The zero-order valence-corrected chi connectivity index (χ0v) is 13.9. The lowest BCUT2D eigenvalue weighted by Gasteiger charge is -2.10. The van der Waals surface area contributed by atoms with Gasteiger partial charge in [-0.05, 0) is 36.4 Å². The number of ether oxygens (including phenoxy) is 3. The van der Waals surface area contributed by atoms with Gasteiger partial charge in [-0.15, -0.1) is 0 Å². The molecule has 0 aliphatic carbocycles. The summed E-state index contributed by atoms with van der Waals surface area (Å²) in [4.78, 5) is 12.0. The van der Waals surface area contributed by atoms with E-state index in [1.165, 1.54) is 0 Å². The first-order valence-corrected chi connectivity index (χ1v) is 7.61. The third-order valence-corrected chi connectivity index (χ3v) is 3.22. The van der Waals surface area contributed by atoms with E-state index in [2.05, 4.69) is 10.6 Å². The van der Waals surface area contributed by atoms with Gasteiger partial charge in [-0.2, -0.15) is 0 Å². The first-order chi connectivity index (χ1) is 11.7. The molecule has 0 radical (unpaired) electrons. The van der Waals surface area contributed by atoms with E-state index >= 15 is 0 Å². The standard InChI is InChI=1S/C18H22N2O4/c1-22-10-11-24-17-5-3-4-15(12-17)20-18(21)13-19-14-6-8-16(23-2)9-7-14/h3-9,12,19H,10-11,13H2,1-2H3,(H,20,21). The van der Waals surface area contributed by atoms with E-state index in [0.29, 0.717) is 24.7 Å². The van der Waals surface area contributed by atoms with Crippen molar-refractivity contribution >= 4 is 17.3 Å². The number of nitrogens with one attached hydrogen (secondary N) is 2. The molecule has 0 aliphatic rings. The van der Waals surface area contributed by atoms with E-state index in [1.54, 1.807) is 20.3 Å². The van der Waals surface area contributed by atoms with Crippen LogP contribution in [-0.4, -0.2) is 39.9 Å². The first-order valence-electron chi connectivity index (χ1n) is 7.61. The number of carbonyl (C=O) groups is 1. The van der Waals surface area contributed by atoms with Gasteiger partial charge < -0.3 is 24.8 Å². The van der Waals surface area contributed by atoms with Crippen LogP contribution in [0.4, 0.5) is 11.4 Å². The Balaban J connectivity index is 1.81. The fourth-order valence-corrected chi connectivity index (χ4v) is 2.00. The summed E-state index contributed by atoms with van der Waals surface area (Å²) < 4.78 is 15.5. The summed E-state index contributed by atoms with van der Waals surface area (Å²) in [5, 5.41) is 5.89. The largest absolute Gasteiger partial charge is 0.497 e. The predicted molar refractivity (Wildman–Crippen MR) is 93.9 cm³/mol. The second-order valence-corrected chi connectivity index (χ2v) is 5.00. The van der Waals surface area contributed by atoms with Crippen LogP contribution in [0.25, 0.3) is 0 Å². The minimum absolute atomic E-state index is 0.139. The molecule has 2 rings (SSSR count). The molecule has 6 heteroatoms. The van der Waals surface area contributed by atoms with Crippen molar-refractivity contribution in [2.75, 3.05) is 44.6 Å². The Morgan fingerprint density at radius 3 is 2.46 bits per heavy atom. The SMILES string of the molecule is COCCOc1cccc(NC(=O)CNc2ccc(OC)cc2)c1. The van der Waals surface area contributed by atoms with Crippen molar-refractivity contribution in [2.45, 2.75) is 0 Å². The molecule has 0 aromatic heterocycles. The van der Waals surface area contributed by atoms with Crippen molar-refractivity contribution in [3.05, 3.63) is 48.5 Å². The van der Waals surface area contributed by atoms with Crippen LogP contribution in [-0.2, 0) is 9.53 Å². The lowest BCUT2D eigenvalue weighted by atomic mass is 10.3. The van der Waals surface area contributed by atoms with Crippen molar-refractivity contribution in [3.8, 4) is 11.5 Å². The minimum Gasteiger partial charge on any atom is -0.497 e. The highest BCUT2D eigenvalue weighted by Crippen LogP contribution is 2.18. The van der Waals surface area contributed by atoms with Crippen LogP contribution in [0.15, 0.2) is 48.5 Å². The summed E-state index contributed by atoms with van der Waals surface area (Å²) in [5.74, 6) is 1.32. The third kappa shape index (κ3) is 5.81. The normalized spacial score (nSPS) is 10.1. The molecule has 0 saturated carbocycles. The maximum absolute atomic E-state index is 12.0. The molecular formula is C18H22N2O4. The molecule has 6 nitrogen and oxygen atoms in total. The van der Waals surface area contributed by atoms with Crippen LogP contribution in [0, 0.1) is 0 Å². The quantitative estimate of drug-likeness (QED) is 0.692. The van der Waals surface area contributed by atoms with Gasteiger partial charge in [-0.25, -0.2) is 0 Å². The molecule has 0 bridgehead atoms. The van der Waals surface area contributed by atoms with Gasteiger partial charge in [0, 0.05) is 24.6 Å². The Kier molecular flexibility index (Phi) is 6.91. The highest BCUT2D eigenvalue weighted by molar-refractivity contribution is 5.93. The van der Waals surface area contributed by atoms with Gasteiger partial charge in [0.2, 0.25) is 5.91 Å². The maximum Gasteiger partial charge on any atom is 0.243 e. The summed E-state index contributed by atoms with van der Waals surface area (Å²) in [7, 11) is 3.23. The number of hydrogen-bond donors (Lipinski definition) is 2. The summed E-state index contributed by atoms with van der Waals surface area (Å²) >= 11 is 0. The first kappa shape index (κ1) is 17.6. The van der Waals surface area contributed by atoms with E-state index in [1.807, 2.05) is 42.5 Å². The molecule has 2 N–H and O–H groups in total. The Hall–Kier alpha value is -2.73. The van der Waals surface area contributed by atoms with Crippen LogP contribution in [0.5, 0.6) is 11.5 Å². The third-order valence-electron chi connectivity index (χ3n) is 3.22. The maximum atomic E-state index is 12.0. The lowest BCUT2D eigenvalue weighted by Crippen LogP contribution is -2.21. The van der Waals surface area contributed by atoms with Crippen LogP contribution in [0.1, 0.15) is 0 Å². The number of hydrogen-bond acceptors (Lipinski definition) is 5. The monoisotopic (exact) mass is 330 g/mol. The zero-order chi connectivity index (χ0) is 17.2. The van der Waals surface area contributed by atoms with E-state index in [0.717, 1.165) is 11.4 Å². The van der Waals surface area contributed by atoms with Gasteiger partial charge in [-0.1, -0.05) is 6.07 Å². The van der Waals surface area contributed by atoms with Crippen LogP contribution in [0.2, 0.25) is 0 Å². The van der Waals surface area contributed by atoms with Crippen molar-refractivity contribution in [3.63, 3.8) is 0 Å². The Labute approximate surface area is 141 Å². The molecule has 2 aromatic carbocycles. The fraction of sp³-hybridized carbons (Fsp3) is 0.278. The molecule has 1 amide bonds. The summed E-state index contributed by atoms with van der Waals surface area (Å²) in [5.41, 5.74) is 1.54. The van der Waals surface area contributed by atoms with E-state index < -0.39 is 0 Å². The van der Waals surface area contributed by atoms with Crippen LogP contribution in [0.3, 0.4) is 0 Å². The van der Waals surface area contributed by atoms with Crippen molar-refractivity contribution in [2.24, 2.45) is 0 Å². The number of methoxy groups -OCH3 is 2. The molecule has 0 heterocycles. The molecule has 0 atom stereocenters. The molecule has 24 heavy (non-hydrogen) atoms. The van der Waals surface area contributed by atoms with Gasteiger partial charge in [0.1, 0.15) is 18.1 Å². The van der Waals surface area contributed by atoms with Crippen molar-refractivity contribution in [1.29, 1.82) is 0 Å². The summed E-state index contributed by atoms with van der Waals surface area (Å²) in [6, 6.07) is 14.6. The molecule has 128 valence electrons. The van der Waals surface area contributed by atoms with Gasteiger partial charge in [0.25, 0.3) is 0 Å². The fourth-order valence-electron chi connectivity index (χ4n) is 2.00. The average molecular weight is 330 g/mol. The average Bonchev–Trinajstić information content (AvgIpc) is 2.61. The Bertz CT molecular complexity index is 644. The van der Waals surface area contributed by atoms with Gasteiger partial charge in [-0.3, -0.25) is 4.79 Å². The Morgan fingerprint density at radius 1 is 0.958 bits per heavy atom. The van der Waals surface area contributed by atoms with Gasteiger partial charge in [0.05, 0.1) is 20.3 Å². The highest BCUT2D eigenvalue weighted by Gasteiger charge is 2.04. The number of amides is 1. The van der Waals surface area contributed by atoms with Crippen LogP contribution >= 0.6 is 0 Å². The Morgan fingerprint density at radius 2 is 1.75 bits per heavy atom. The molecule has 2 aromatic rings. The molecule has 0 saturated heterocycles. The van der Waals surface area contributed by atoms with Crippen molar-refractivity contribution < 1.29 is 19.0 Å². The highest BCUT2D eigenvalue weighted by atomic mass is 16.5. The smallest absolute Gasteiger partial charge is 0.243 e. The van der Waals surface area contributed by atoms with Crippen molar-refractivity contribution in [1.82, 2.24) is 0 Å². The zero-order valence-electron chi connectivity index (χ0n) is 13.9. The van der Waals surface area contributed by atoms with E-state index in [9.17, 15) is 4.79 Å². The second kappa shape index (κ2) is 9.42. The van der Waals surface area contributed by atoms with Gasteiger partial charge >= 0.3 is 0 Å². The number of benzene rings is 2.